The minimum absolute atomic E-state index is 0.0914. The van der Waals surface area contributed by atoms with Crippen LogP contribution in [0.5, 0.6) is 0 Å². The van der Waals surface area contributed by atoms with Crippen molar-refractivity contribution in [3.8, 4) is 0 Å². The Morgan fingerprint density at radius 3 is 2.25 bits per heavy atom. The molecule has 2 aliphatic rings. The topological polar surface area (TPSA) is 49.6 Å². The Hall–Kier alpha value is -0.610. The number of carbonyl (C=O) groups is 1. The first-order chi connectivity index (χ1) is 9.67. The number of likely N-dealkylation sites (tertiary alicyclic amines) is 1. The van der Waals surface area contributed by atoms with Crippen molar-refractivity contribution in [1.29, 1.82) is 0 Å². The molecule has 0 aromatic heterocycles. The molecule has 0 bridgehead atoms. The van der Waals surface area contributed by atoms with E-state index in [1.54, 1.807) is 0 Å². The van der Waals surface area contributed by atoms with E-state index in [0.29, 0.717) is 11.9 Å². The van der Waals surface area contributed by atoms with Crippen LogP contribution in [0.4, 0.5) is 0 Å². The molecule has 2 atom stereocenters. The van der Waals surface area contributed by atoms with Crippen molar-refractivity contribution >= 4 is 5.91 Å². The molecule has 1 amide bonds. The van der Waals surface area contributed by atoms with Crippen LogP contribution in [0.2, 0.25) is 0 Å². The summed E-state index contributed by atoms with van der Waals surface area (Å²) in [4.78, 5) is 17.2. The van der Waals surface area contributed by atoms with Crippen LogP contribution in [0.3, 0.4) is 0 Å². The third-order valence-corrected chi connectivity index (χ3v) is 5.24. The largest absolute Gasteiger partial charge is 0.342 e. The van der Waals surface area contributed by atoms with Crippen LogP contribution in [0, 0.1) is 5.92 Å². The van der Waals surface area contributed by atoms with Gasteiger partial charge in [0.25, 0.3) is 0 Å². The van der Waals surface area contributed by atoms with E-state index in [0.717, 1.165) is 51.9 Å². The Labute approximate surface area is 123 Å². The Morgan fingerprint density at radius 2 is 1.70 bits per heavy atom. The molecule has 116 valence electrons. The molecule has 0 spiro atoms. The van der Waals surface area contributed by atoms with Gasteiger partial charge in [-0.15, -0.1) is 0 Å². The minimum Gasteiger partial charge on any atom is -0.342 e. The molecule has 0 aromatic rings. The summed E-state index contributed by atoms with van der Waals surface area (Å²) in [5.74, 6) is 0.420. The van der Waals surface area contributed by atoms with Gasteiger partial charge in [-0.3, -0.25) is 4.79 Å². The summed E-state index contributed by atoms with van der Waals surface area (Å²) in [5, 5.41) is 0. The lowest BCUT2D eigenvalue weighted by molar-refractivity contribution is -0.138. The van der Waals surface area contributed by atoms with Gasteiger partial charge in [-0.05, 0) is 38.8 Å². The quantitative estimate of drug-likeness (QED) is 0.855. The molecule has 1 saturated carbocycles. The average molecular weight is 281 g/mol. The third-order valence-electron chi connectivity index (χ3n) is 5.24. The van der Waals surface area contributed by atoms with Crippen molar-refractivity contribution in [1.82, 2.24) is 9.80 Å². The Morgan fingerprint density at radius 1 is 1.10 bits per heavy atom. The van der Waals surface area contributed by atoms with Crippen molar-refractivity contribution in [2.45, 2.75) is 64.5 Å². The zero-order valence-electron chi connectivity index (χ0n) is 13.2. The van der Waals surface area contributed by atoms with Crippen LogP contribution in [0.15, 0.2) is 0 Å². The number of amides is 1. The van der Waals surface area contributed by atoms with Crippen molar-refractivity contribution in [3.63, 3.8) is 0 Å². The Bertz CT molecular complexity index is 309. The second-order valence-corrected chi connectivity index (χ2v) is 6.33. The van der Waals surface area contributed by atoms with E-state index in [1.165, 1.54) is 12.8 Å². The zero-order valence-corrected chi connectivity index (χ0v) is 13.2. The highest BCUT2D eigenvalue weighted by atomic mass is 16.2. The maximum absolute atomic E-state index is 12.6. The SMILES string of the molecule is CCN(CC)C1CCN(C(=O)C2CCCCC2N)CC1. The zero-order chi connectivity index (χ0) is 14.5. The number of nitrogens with two attached hydrogens (primary N) is 1. The van der Waals surface area contributed by atoms with Gasteiger partial charge >= 0.3 is 0 Å². The van der Waals surface area contributed by atoms with Crippen molar-refractivity contribution in [3.05, 3.63) is 0 Å². The molecule has 2 N–H and O–H groups in total. The second kappa shape index (κ2) is 7.41. The number of hydrogen-bond acceptors (Lipinski definition) is 3. The van der Waals surface area contributed by atoms with Crippen LogP contribution >= 0.6 is 0 Å². The van der Waals surface area contributed by atoms with Crippen LogP contribution in [-0.4, -0.2) is 54.0 Å². The molecule has 0 aromatic carbocycles. The van der Waals surface area contributed by atoms with E-state index >= 15 is 0 Å². The normalized spacial score (nSPS) is 28.9. The first kappa shape index (κ1) is 15.8. The van der Waals surface area contributed by atoms with Crippen LogP contribution in [0.1, 0.15) is 52.4 Å². The number of nitrogens with zero attached hydrogens (tertiary/aromatic N) is 2. The smallest absolute Gasteiger partial charge is 0.227 e. The number of hydrogen-bond donors (Lipinski definition) is 1. The number of rotatable bonds is 4. The summed E-state index contributed by atoms with van der Waals surface area (Å²) < 4.78 is 0. The monoisotopic (exact) mass is 281 g/mol. The fraction of sp³-hybridized carbons (Fsp3) is 0.938. The maximum atomic E-state index is 12.6. The van der Waals surface area contributed by atoms with E-state index in [1.807, 2.05) is 0 Å². The summed E-state index contributed by atoms with van der Waals surface area (Å²) in [6, 6.07) is 0.755. The molecule has 1 saturated heterocycles. The minimum atomic E-state index is 0.0914. The standard InChI is InChI=1S/C16H31N3O/c1-3-18(4-2)13-9-11-19(12-10-13)16(20)14-7-5-6-8-15(14)17/h13-15H,3-12,17H2,1-2H3. The molecule has 0 radical (unpaired) electrons. The van der Waals surface area contributed by atoms with Gasteiger partial charge in [0.15, 0.2) is 0 Å². The lowest BCUT2D eigenvalue weighted by Crippen LogP contribution is -2.51. The van der Waals surface area contributed by atoms with Gasteiger partial charge in [0.1, 0.15) is 0 Å². The van der Waals surface area contributed by atoms with E-state index in [9.17, 15) is 4.79 Å². The third kappa shape index (κ3) is 3.53. The predicted octanol–water partition coefficient (Wildman–Crippen LogP) is 1.84. The van der Waals surface area contributed by atoms with Crippen molar-refractivity contribution < 1.29 is 4.79 Å². The van der Waals surface area contributed by atoms with Crippen molar-refractivity contribution in [2.24, 2.45) is 11.7 Å². The predicted molar refractivity (Wildman–Crippen MR) is 82.5 cm³/mol. The molecule has 1 aliphatic carbocycles. The van der Waals surface area contributed by atoms with Crippen LogP contribution in [0.25, 0.3) is 0 Å². The summed E-state index contributed by atoms with van der Waals surface area (Å²) in [7, 11) is 0. The van der Waals surface area contributed by atoms with Gasteiger partial charge in [0.2, 0.25) is 5.91 Å². The molecule has 4 heteroatoms. The van der Waals surface area contributed by atoms with Crippen molar-refractivity contribution in [2.75, 3.05) is 26.2 Å². The number of piperidine rings is 1. The molecular weight excluding hydrogens is 250 g/mol. The highest BCUT2D eigenvalue weighted by molar-refractivity contribution is 5.79. The fourth-order valence-electron chi connectivity index (χ4n) is 3.89. The highest BCUT2D eigenvalue weighted by Gasteiger charge is 2.33. The van der Waals surface area contributed by atoms with E-state index < -0.39 is 0 Å². The van der Waals surface area contributed by atoms with Gasteiger partial charge in [-0.1, -0.05) is 26.7 Å². The van der Waals surface area contributed by atoms with Crippen LogP contribution in [-0.2, 0) is 4.79 Å². The molecule has 2 unspecified atom stereocenters. The fourth-order valence-corrected chi connectivity index (χ4v) is 3.89. The number of carbonyl (C=O) groups excluding carboxylic acids is 1. The van der Waals surface area contributed by atoms with E-state index in [2.05, 4.69) is 23.6 Å². The average Bonchev–Trinajstić information content (AvgIpc) is 2.49. The second-order valence-electron chi connectivity index (χ2n) is 6.33. The van der Waals surface area contributed by atoms with Gasteiger partial charge in [-0.2, -0.15) is 0 Å². The molecule has 4 nitrogen and oxygen atoms in total. The Balaban J connectivity index is 1.85. The summed E-state index contributed by atoms with van der Waals surface area (Å²) in [5.41, 5.74) is 6.15. The molecule has 20 heavy (non-hydrogen) atoms. The summed E-state index contributed by atoms with van der Waals surface area (Å²) >= 11 is 0. The van der Waals surface area contributed by atoms with Gasteiger partial charge in [0.05, 0.1) is 5.92 Å². The molecule has 2 fully saturated rings. The summed E-state index contributed by atoms with van der Waals surface area (Å²) in [6.45, 7) is 8.52. The van der Waals surface area contributed by atoms with Crippen LogP contribution < -0.4 is 5.73 Å². The van der Waals surface area contributed by atoms with E-state index in [-0.39, 0.29) is 12.0 Å². The highest BCUT2D eigenvalue weighted by Crippen LogP contribution is 2.26. The van der Waals surface area contributed by atoms with Gasteiger partial charge in [-0.25, -0.2) is 0 Å². The Kier molecular flexibility index (Phi) is 5.85. The molecular formula is C16H31N3O. The molecule has 1 aliphatic heterocycles. The first-order valence-electron chi connectivity index (χ1n) is 8.45. The lowest BCUT2D eigenvalue weighted by atomic mass is 9.83. The van der Waals surface area contributed by atoms with E-state index in [4.69, 9.17) is 5.73 Å². The summed E-state index contributed by atoms with van der Waals surface area (Å²) in [6.07, 6.45) is 6.61. The van der Waals surface area contributed by atoms with Gasteiger partial charge < -0.3 is 15.5 Å². The first-order valence-corrected chi connectivity index (χ1v) is 8.45. The maximum Gasteiger partial charge on any atom is 0.227 e. The molecule has 2 rings (SSSR count). The van der Waals surface area contributed by atoms with Gasteiger partial charge in [0, 0.05) is 25.2 Å². The molecule has 1 heterocycles. The lowest BCUT2D eigenvalue weighted by Gasteiger charge is -2.40.